The van der Waals surface area contributed by atoms with E-state index in [2.05, 4.69) is 4.98 Å². The van der Waals surface area contributed by atoms with E-state index in [4.69, 9.17) is 0 Å². The second-order valence-corrected chi connectivity index (χ2v) is 9.27. The van der Waals surface area contributed by atoms with Gasteiger partial charge in [-0.2, -0.15) is 0 Å². The Bertz CT molecular complexity index is 845. The van der Waals surface area contributed by atoms with E-state index in [-0.39, 0.29) is 12.5 Å². The molecule has 6 nitrogen and oxygen atoms in total. The molecule has 2 atom stereocenters. The number of para-hydroxylation sites is 1. The average Bonchev–Trinajstić information content (AvgIpc) is 3.39. The number of carbonyl (C=O) groups is 2. The summed E-state index contributed by atoms with van der Waals surface area (Å²) < 4.78 is 1.15. The third-order valence-electron chi connectivity index (χ3n) is 6.03. The standard InChI is InChI=1S/C21H26N2O4S/c24-17-10-11-23(13-21(17,20(26)27)12-14-8-9-14)19(25)7-3-6-18-22-15-4-1-2-5-16(15)28-18/h1-2,4-5,14,17,24H,3,6-13H2,(H,26,27)/t17-,21+/m0/s1. The number of piperidine rings is 1. The summed E-state index contributed by atoms with van der Waals surface area (Å²) in [6, 6.07) is 8.00. The number of aliphatic hydroxyl groups is 1. The molecule has 2 N–H and O–H groups in total. The molecule has 1 amide bonds. The van der Waals surface area contributed by atoms with Crippen LogP contribution in [0.2, 0.25) is 0 Å². The van der Waals surface area contributed by atoms with Crippen molar-refractivity contribution in [1.82, 2.24) is 9.88 Å². The number of aromatic nitrogens is 1. The van der Waals surface area contributed by atoms with Crippen LogP contribution in [0.4, 0.5) is 0 Å². The molecule has 1 aromatic heterocycles. The highest BCUT2D eigenvalue weighted by Gasteiger charge is 2.52. The minimum atomic E-state index is -1.21. The quantitative estimate of drug-likeness (QED) is 0.743. The summed E-state index contributed by atoms with van der Waals surface area (Å²) in [7, 11) is 0. The number of aryl methyl sites for hydroxylation is 1. The average molecular weight is 403 g/mol. The van der Waals surface area contributed by atoms with Gasteiger partial charge in [0.1, 0.15) is 5.41 Å². The first kappa shape index (κ1) is 19.3. The molecule has 7 heteroatoms. The first-order valence-electron chi connectivity index (χ1n) is 10.0. The first-order chi connectivity index (χ1) is 13.5. The van der Waals surface area contributed by atoms with Gasteiger partial charge in [0.15, 0.2) is 0 Å². The summed E-state index contributed by atoms with van der Waals surface area (Å²) >= 11 is 1.66. The third kappa shape index (κ3) is 3.91. The van der Waals surface area contributed by atoms with Gasteiger partial charge in [0, 0.05) is 19.5 Å². The van der Waals surface area contributed by atoms with E-state index >= 15 is 0 Å². The van der Waals surface area contributed by atoms with Crippen LogP contribution in [0, 0.1) is 11.3 Å². The van der Waals surface area contributed by atoms with E-state index in [1.54, 1.807) is 16.2 Å². The molecule has 2 aliphatic rings. The van der Waals surface area contributed by atoms with Crippen LogP contribution < -0.4 is 0 Å². The van der Waals surface area contributed by atoms with Gasteiger partial charge in [-0.25, -0.2) is 4.98 Å². The molecule has 150 valence electrons. The molecule has 1 saturated heterocycles. The maximum Gasteiger partial charge on any atom is 0.314 e. The molecule has 0 radical (unpaired) electrons. The predicted octanol–water partition coefficient (Wildman–Crippen LogP) is 3.08. The van der Waals surface area contributed by atoms with E-state index in [0.29, 0.717) is 38.1 Å². The van der Waals surface area contributed by atoms with Gasteiger partial charge in [0.05, 0.1) is 21.3 Å². The van der Waals surface area contributed by atoms with Crippen molar-refractivity contribution in [2.24, 2.45) is 11.3 Å². The Balaban J connectivity index is 1.35. The lowest BCUT2D eigenvalue weighted by Gasteiger charge is -2.43. The number of amides is 1. The first-order valence-corrected chi connectivity index (χ1v) is 10.8. The fraction of sp³-hybridized carbons (Fsp3) is 0.571. The SMILES string of the molecule is O=C(CCCc1nc2ccccc2s1)N1CC[C@H](O)[C@](CC2CC2)(C(=O)O)C1. The van der Waals surface area contributed by atoms with Crippen molar-refractivity contribution in [3.63, 3.8) is 0 Å². The van der Waals surface area contributed by atoms with Crippen molar-refractivity contribution in [2.75, 3.05) is 13.1 Å². The van der Waals surface area contributed by atoms with Gasteiger partial charge in [0.25, 0.3) is 0 Å². The largest absolute Gasteiger partial charge is 0.481 e. The highest BCUT2D eigenvalue weighted by atomic mass is 32.1. The molecule has 1 saturated carbocycles. The van der Waals surface area contributed by atoms with Gasteiger partial charge in [-0.1, -0.05) is 25.0 Å². The highest BCUT2D eigenvalue weighted by Crippen LogP contribution is 2.45. The number of benzene rings is 1. The van der Waals surface area contributed by atoms with Gasteiger partial charge in [-0.05, 0) is 43.7 Å². The molecule has 1 aliphatic carbocycles. The smallest absolute Gasteiger partial charge is 0.314 e. The molecular formula is C21H26N2O4S. The molecule has 2 fully saturated rings. The van der Waals surface area contributed by atoms with Crippen LogP contribution in [0.3, 0.4) is 0 Å². The predicted molar refractivity (Wildman–Crippen MR) is 107 cm³/mol. The van der Waals surface area contributed by atoms with Crippen molar-refractivity contribution >= 4 is 33.4 Å². The minimum absolute atomic E-state index is 0.0190. The second kappa shape index (κ2) is 7.79. The van der Waals surface area contributed by atoms with Crippen molar-refractivity contribution in [3.8, 4) is 0 Å². The number of fused-ring (bicyclic) bond motifs is 1. The summed E-state index contributed by atoms with van der Waals surface area (Å²) in [5.41, 5.74) is -0.215. The van der Waals surface area contributed by atoms with E-state index < -0.39 is 17.5 Å². The van der Waals surface area contributed by atoms with E-state index in [1.807, 2.05) is 24.3 Å². The Kier molecular flexibility index (Phi) is 5.38. The number of carboxylic acids is 1. The summed E-state index contributed by atoms with van der Waals surface area (Å²) in [4.78, 5) is 31.0. The zero-order valence-electron chi connectivity index (χ0n) is 15.8. The molecular weight excluding hydrogens is 376 g/mol. The third-order valence-corrected chi connectivity index (χ3v) is 7.13. The monoisotopic (exact) mass is 402 g/mol. The summed E-state index contributed by atoms with van der Waals surface area (Å²) in [6.45, 7) is 0.556. The Labute approximate surface area is 168 Å². The molecule has 1 aromatic carbocycles. The zero-order valence-corrected chi connectivity index (χ0v) is 16.7. The molecule has 0 spiro atoms. The molecule has 28 heavy (non-hydrogen) atoms. The van der Waals surface area contributed by atoms with Crippen LogP contribution >= 0.6 is 11.3 Å². The van der Waals surface area contributed by atoms with Crippen LogP contribution in [0.1, 0.15) is 43.5 Å². The Morgan fingerprint density at radius 1 is 1.25 bits per heavy atom. The fourth-order valence-electron chi connectivity index (χ4n) is 4.20. The van der Waals surface area contributed by atoms with Gasteiger partial charge in [0.2, 0.25) is 5.91 Å². The molecule has 4 rings (SSSR count). The van der Waals surface area contributed by atoms with Crippen LogP contribution in [0.5, 0.6) is 0 Å². The van der Waals surface area contributed by atoms with Crippen molar-refractivity contribution in [1.29, 1.82) is 0 Å². The van der Waals surface area contributed by atoms with Gasteiger partial charge >= 0.3 is 5.97 Å². The second-order valence-electron chi connectivity index (χ2n) is 8.16. The maximum atomic E-state index is 12.7. The van der Waals surface area contributed by atoms with Crippen LogP contribution in [0.25, 0.3) is 10.2 Å². The Morgan fingerprint density at radius 2 is 2.04 bits per heavy atom. The Morgan fingerprint density at radius 3 is 2.75 bits per heavy atom. The number of likely N-dealkylation sites (tertiary alicyclic amines) is 1. The van der Waals surface area contributed by atoms with E-state index in [1.165, 1.54) is 0 Å². The number of carbonyl (C=O) groups excluding carboxylic acids is 1. The summed E-state index contributed by atoms with van der Waals surface area (Å²) in [6.07, 6.45) is 3.80. The topological polar surface area (TPSA) is 90.7 Å². The van der Waals surface area contributed by atoms with Crippen molar-refractivity contribution < 1.29 is 19.8 Å². The van der Waals surface area contributed by atoms with Gasteiger partial charge < -0.3 is 15.1 Å². The highest BCUT2D eigenvalue weighted by molar-refractivity contribution is 7.18. The van der Waals surface area contributed by atoms with Gasteiger partial charge in [-0.3, -0.25) is 9.59 Å². The van der Waals surface area contributed by atoms with Gasteiger partial charge in [-0.15, -0.1) is 11.3 Å². The molecule has 0 unspecified atom stereocenters. The number of aliphatic carboxylic acids is 1. The molecule has 0 bridgehead atoms. The normalized spacial score (nSPS) is 25.2. The van der Waals surface area contributed by atoms with Crippen molar-refractivity contribution in [2.45, 2.75) is 51.0 Å². The number of carboxylic acid groups (broad SMARTS) is 1. The number of rotatable bonds is 7. The van der Waals surface area contributed by atoms with E-state index in [0.717, 1.165) is 34.5 Å². The lowest BCUT2D eigenvalue weighted by Crippen LogP contribution is -2.57. The number of thiazole rings is 1. The molecule has 2 heterocycles. The summed E-state index contributed by atoms with van der Waals surface area (Å²) in [5.74, 6) is -0.617. The summed E-state index contributed by atoms with van der Waals surface area (Å²) in [5, 5.41) is 21.3. The lowest BCUT2D eigenvalue weighted by molar-refractivity contribution is -0.167. The number of nitrogens with zero attached hydrogens (tertiary/aromatic N) is 2. The Hall–Kier alpha value is -1.99. The van der Waals surface area contributed by atoms with Crippen LogP contribution in [-0.4, -0.2) is 51.2 Å². The maximum absolute atomic E-state index is 12.7. The fourth-order valence-corrected chi connectivity index (χ4v) is 5.21. The van der Waals surface area contributed by atoms with E-state index in [9.17, 15) is 19.8 Å². The molecule has 2 aromatic rings. The van der Waals surface area contributed by atoms with Crippen LogP contribution in [0.15, 0.2) is 24.3 Å². The number of aliphatic hydroxyl groups excluding tert-OH is 1. The lowest BCUT2D eigenvalue weighted by atomic mass is 9.73. The van der Waals surface area contributed by atoms with Crippen molar-refractivity contribution in [3.05, 3.63) is 29.3 Å². The number of hydrogen-bond donors (Lipinski definition) is 2. The molecule has 1 aliphatic heterocycles. The van der Waals surface area contributed by atoms with Crippen LogP contribution in [-0.2, 0) is 16.0 Å². The zero-order chi connectivity index (χ0) is 19.7. The minimum Gasteiger partial charge on any atom is -0.481 e. The number of hydrogen-bond acceptors (Lipinski definition) is 5.